The van der Waals surface area contributed by atoms with Crippen molar-refractivity contribution < 1.29 is 14.0 Å². The number of fused-ring (bicyclic) bond motifs is 1. The van der Waals surface area contributed by atoms with Crippen molar-refractivity contribution in [3.05, 3.63) is 100 Å². The van der Waals surface area contributed by atoms with E-state index in [1.54, 1.807) is 35.2 Å². The fourth-order valence-electron chi connectivity index (χ4n) is 3.95. The number of carbonyl (C=O) groups excluding carboxylic acids is 2. The second-order valence-corrected chi connectivity index (χ2v) is 8.03. The molecule has 4 rings (SSSR count). The van der Waals surface area contributed by atoms with Crippen LogP contribution in [0.15, 0.2) is 72.8 Å². The van der Waals surface area contributed by atoms with Crippen molar-refractivity contribution in [3.63, 3.8) is 0 Å². The van der Waals surface area contributed by atoms with Gasteiger partial charge in [0.25, 0.3) is 0 Å². The van der Waals surface area contributed by atoms with E-state index in [0.717, 1.165) is 17.5 Å². The van der Waals surface area contributed by atoms with Crippen LogP contribution in [0, 0.1) is 5.82 Å². The van der Waals surface area contributed by atoms with Crippen LogP contribution in [0.2, 0.25) is 5.02 Å². The first kappa shape index (κ1) is 21.1. The van der Waals surface area contributed by atoms with Gasteiger partial charge in [0, 0.05) is 22.7 Å². The number of rotatable bonds is 5. The molecular formula is C25H22ClFN2O2. The molecule has 4 nitrogen and oxygen atoms in total. The van der Waals surface area contributed by atoms with E-state index in [1.807, 2.05) is 30.3 Å². The van der Waals surface area contributed by atoms with Gasteiger partial charge in [0.15, 0.2) is 0 Å². The molecule has 6 heteroatoms. The molecule has 3 aromatic carbocycles. The molecular weight excluding hydrogens is 415 g/mol. The van der Waals surface area contributed by atoms with Gasteiger partial charge in [-0.3, -0.25) is 9.59 Å². The number of hydrogen-bond donors (Lipinski definition) is 1. The summed E-state index contributed by atoms with van der Waals surface area (Å²) < 4.78 is 13.6. The first-order valence-electron chi connectivity index (χ1n) is 10.2. The molecule has 0 saturated heterocycles. The van der Waals surface area contributed by atoms with Crippen molar-refractivity contribution in [3.8, 4) is 0 Å². The van der Waals surface area contributed by atoms with Crippen molar-refractivity contribution in [2.45, 2.75) is 25.3 Å². The highest BCUT2D eigenvalue weighted by Gasteiger charge is 2.33. The lowest BCUT2D eigenvalue weighted by Gasteiger charge is -2.31. The smallest absolute Gasteiger partial charge is 0.244 e. The van der Waals surface area contributed by atoms with Gasteiger partial charge in [0.05, 0.1) is 6.04 Å². The molecule has 0 aromatic heterocycles. The largest absolute Gasteiger partial charge is 0.324 e. The van der Waals surface area contributed by atoms with Crippen LogP contribution in [-0.4, -0.2) is 23.3 Å². The van der Waals surface area contributed by atoms with Gasteiger partial charge in [0.1, 0.15) is 12.4 Å². The summed E-state index contributed by atoms with van der Waals surface area (Å²) in [5, 5.41) is 3.36. The van der Waals surface area contributed by atoms with E-state index >= 15 is 0 Å². The lowest BCUT2D eigenvalue weighted by molar-refractivity contribution is -0.136. The van der Waals surface area contributed by atoms with Gasteiger partial charge in [-0.25, -0.2) is 4.39 Å². The molecule has 0 radical (unpaired) electrons. The van der Waals surface area contributed by atoms with Crippen LogP contribution in [0.5, 0.6) is 0 Å². The predicted molar refractivity (Wildman–Crippen MR) is 119 cm³/mol. The number of benzene rings is 3. The predicted octanol–water partition coefficient (Wildman–Crippen LogP) is 5.37. The Morgan fingerprint density at radius 2 is 1.81 bits per heavy atom. The fourth-order valence-corrected chi connectivity index (χ4v) is 4.13. The number of nitrogens with one attached hydrogen (secondary N) is 1. The Labute approximate surface area is 185 Å². The second-order valence-electron chi connectivity index (χ2n) is 7.59. The summed E-state index contributed by atoms with van der Waals surface area (Å²) in [4.78, 5) is 27.4. The van der Waals surface area contributed by atoms with Gasteiger partial charge in [-0.2, -0.15) is 0 Å². The molecule has 158 valence electrons. The van der Waals surface area contributed by atoms with Crippen LogP contribution < -0.4 is 5.32 Å². The number of carbonyl (C=O) groups is 2. The number of halogens is 2. The third-order valence-electron chi connectivity index (χ3n) is 5.41. The molecule has 0 saturated carbocycles. The monoisotopic (exact) mass is 436 g/mol. The highest BCUT2D eigenvalue weighted by atomic mass is 35.5. The maximum atomic E-state index is 13.6. The summed E-state index contributed by atoms with van der Waals surface area (Å²) >= 11 is 6.25. The Balaban J connectivity index is 1.65. The second kappa shape index (κ2) is 9.31. The van der Waals surface area contributed by atoms with Crippen LogP contribution in [-0.2, 0) is 16.0 Å². The normalized spacial score (nSPS) is 15.7. The minimum atomic E-state index is -0.544. The maximum absolute atomic E-state index is 13.6. The van der Waals surface area contributed by atoms with Gasteiger partial charge in [-0.05, 0) is 54.3 Å². The Hall–Kier alpha value is -3.18. The van der Waals surface area contributed by atoms with Crippen molar-refractivity contribution in [2.24, 2.45) is 0 Å². The van der Waals surface area contributed by atoms with E-state index in [9.17, 15) is 14.0 Å². The van der Waals surface area contributed by atoms with Crippen molar-refractivity contribution in [1.29, 1.82) is 0 Å². The lowest BCUT2D eigenvalue weighted by atomic mass is 9.95. The minimum absolute atomic E-state index is 0.0848. The molecule has 0 spiro atoms. The molecule has 1 aliphatic heterocycles. The number of hydrogen-bond acceptors (Lipinski definition) is 2. The molecule has 1 N–H and O–H groups in total. The standard InChI is InChI=1S/C25H22ClFN2O2/c26-19-11-14-22-21(15-19)25(18-9-12-20(27)13-10-18)29(16-23(30)28-22)24(31)8-4-7-17-5-2-1-3-6-17/h1-3,5-6,9-15,25H,4,7-8,16H2,(H,28,30). The highest BCUT2D eigenvalue weighted by Crippen LogP contribution is 2.37. The molecule has 2 amide bonds. The number of aryl methyl sites for hydroxylation is 1. The Bertz CT molecular complexity index is 1090. The summed E-state index contributed by atoms with van der Waals surface area (Å²) in [6.45, 7) is -0.0848. The van der Waals surface area contributed by atoms with Crippen molar-refractivity contribution in [2.75, 3.05) is 11.9 Å². The van der Waals surface area contributed by atoms with Crippen LogP contribution in [0.1, 0.15) is 35.6 Å². The van der Waals surface area contributed by atoms with Gasteiger partial charge in [-0.1, -0.05) is 54.1 Å². The van der Waals surface area contributed by atoms with E-state index in [0.29, 0.717) is 29.1 Å². The zero-order valence-electron chi connectivity index (χ0n) is 16.9. The average Bonchev–Trinajstić information content (AvgIpc) is 2.91. The summed E-state index contributed by atoms with van der Waals surface area (Å²) in [5.41, 5.74) is 3.19. The van der Waals surface area contributed by atoms with E-state index in [-0.39, 0.29) is 24.2 Å². The highest BCUT2D eigenvalue weighted by molar-refractivity contribution is 6.30. The van der Waals surface area contributed by atoms with Crippen LogP contribution in [0.4, 0.5) is 10.1 Å². The SMILES string of the molecule is O=C1CN(C(=O)CCCc2ccccc2)C(c2ccc(F)cc2)c2cc(Cl)ccc2N1. The third-order valence-corrected chi connectivity index (χ3v) is 5.65. The fraction of sp³-hybridized carbons (Fsp3) is 0.200. The van der Waals surface area contributed by atoms with E-state index in [4.69, 9.17) is 11.6 Å². The summed E-state index contributed by atoms with van der Waals surface area (Å²) in [6, 6.07) is 20.6. The first-order valence-corrected chi connectivity index (χ1v) is 10.6. The molecule has 0 bridgehead atoms. The summed E-state index contributed by atoms with van der Waals surface area (Å²) in [6.07, 6.45) is 1.74. The molecule has 0 fully saturated rings. The van der Waals surface area contributed by atoms with Crippen LogP contribution >= 0.6 is 11.6 Å². The zero-order chi connectivity index (χ0) is 21.8. The van der Waals surface area contributed by atoms with Gasteiger partial charge < -0.3 is 10.2 Å². The Kier molecular flexibility index (Phi) is 6.33. The molecule has 3 aromatic rings. The minimum Gasteiger partial charge on any atom is -0.324 e. The molecule has 0 aliphatic carbocycles. The Morgan fingerprint density at radius 1 is 1.06 bits per heavy atom. The zero-order valence-corrected chi connectivity index (χ0v) is 17.6. The van der Waals surface area contributed by atoms with Gasteiger partial charge in [0.2, 0.25) is 11.8 Å². The van der Waals surface area contributed by atoms with Crippen LogP contribution in [0.3, 0.4) is 0 Å². The Morgan fingerprint density at radius 3 is 2.55 bits per heavy atom. The van der Waals surface area contributed by atoms with Gasteiger partial charge in [-0.15, -0.1) is 0 Å². The molecule has 31 heavy (non-hydrogen) atoms. The quantitative estimate of drug-likeness (QED) is 0.584. The number of nitrogens with zero attached hydrogens (tertiary/aromatic N) is 1. The maximum Gasteiger partial charge on any atom is 0.244 e. The van der Waals surface area contributed by atoms with E-state index < -0.39 is 6.04 Å². The van der Waals surface area contributed by atoms with Gasteiger partial charge >= 0.3 is 0 Å². The first-order chi connectivity index (χ1) is 15.0. The molecule has 1 aliphatic rings. The van der Waals surface area contributed by atoms with Crippen molar-refractivity contribution >= 4 is 29.1 Å². The average molecular weight is 437 g/mol. The third kappa shape index (κ3) is 4.94. The number of anilines is 1. The number of amides is 2. The summed E-state index contributed by atoms with van der Waals surface area (Å²) in [5.74, 6) is -0.767. The molecule has 1 atom stereocenters. The summed E-state index contributed by atoms with van der Waals surface area (Å²) in [7, 11) is 0. The van der Waals surface area contributed by atoms with E-state index in [2.05, 4.69) is 5.32 Å². The topological polar surface area (TPSA) is 49.4 Å². The molecule has 1 unspecified atom stereocenters. The van der Waals surface area contributed by atoms with E-state index in [1.165, 1.54) is 12.1 Å². The van der Waals surface area contributed by atoms with Crippen LogP contribution in [0.25, 0.3) is 0 Å². The van der Waals surface area contributed by atoms with Crippen molar-refractivity contribution in [1.82, 2.24) is 4.90 Å². The molecule has 1 heterocycles. The lowest BCUT2D eigenvalue weighted by Crippen LogP contribution is -2.38.